The molecule has 1 amide bonds. The van der Waals surface area contributed by atoms with E-state index in [0.29, 0.717) is 16.1 Å². The van der Waals surface area contributed by atoms with Gasteiger partial charge in [0, 0.05) is 43.5 Å². The molecule has 168 valence electrons. The van der Waals surface area contributed by atoms with Crippen LogP contribution in [0.25, 0.3) is 0 Å². The van der Waals surface area contributed by atoms with Gasteiger partial charge in [0.25, 0.3) is 15.9 Å². The van der Waals surface area contributed by atoms with Gasteiger partial charge in [0.05, 0.1) is 17.3 Å². The Kier molecular flexibility index (Phi) is 5.74. The quantitative estimate of drug-likeness (QED) is 0.577. The number of carbonyl (C=O) groups excluding carboxylic acids is 1. The topological polar surface area (TPSA) is 110 Å². The van der Waals surface area contributed by atoms with Crippen LogP contribution in [0.2, 0.25) is 5.02 Å². The molecule has 1 aliphatic heterocycles. The summed E-state index contributed by atoms with van der Waals surface area (Å²) in [6.07, 6.45) is 2.59. The van der Waals surface area contributed by atoms with E-state index in [4.69, 9.17) is 11.6 Å². The summed E-state index contributed by atoms with van der Waals surface area (Å²) in [5.74, 6) is -0.939. The number of aromatic nitrogens is 4. The Morgan fingerprint density at radius 1 is 1.31 bits per heavy atom. The highest BCUT2D eigenvalue weighted by Crippen LogP contribution is 2.37. The number of nitrogens with one attached hydrogen (secondary N) is 1. The van der Waals surface area contributed by atoms with Crippen molar-refractivity contribution >= 4 is 27.5 Å². The first-order valence-corrected chi connectivity index (χ1v) is 11.5. The van der Waals surface area contributed by atoms with Gasteiger partial charge in [-0.15, -0.1) is 5.10 Å². The molecule has 4 rings (SSSR count). The summed E-state index contributed by atoms with van der Waals surface area (Å²) in [4.78, 5) is 18.1. The minimum absolute atomic E-state index is 0.00563. The molecule has 1 aliphatic rings. The van der Waals surface area contributed by atoms with Gasteiger partial charge in [-0.2, -0.15) is 14.2 Å². The second-order valence-electron chi connectivity index (χ2n) is 7.70. The van der Waals surface area contributed by atoms with E-state index in [-0.39, 0.29) is 36.3 Å². The van der Waals surface area contributed by atoms with E-state index < -0.39 is 21.3 Å². The lowest BCUT2D eigenvalue weighted by Crippen LogP contribution is -2.65. The molecule has 0 spiro atoms. The van der Waals surface area contributed by atoms with Crippen molar-refractivity contribution in [1.82, 2.24) is 29.6 Å². The Labute approximate surface area is 189 Å². The number of rotatable bonds is 6. The lowest BCUT2D eigenvalue weighted by molar-refractivity contribution is 0.0894. The maximum atomic E-state index is 14.6. The third-order valence-electron chi connectivity index (χ3n) is 5.42. The largest absolute Gasteiger partial charge is 0.351 e. The molecule has 3 aromatic rings. The number of benzene rings is 1. The van der Waals surface area contributed by atoms with E-state index in [2.05, 4.69) is 20.5 Å². The van der Waals surface area contributed by atoms with Crippen molar-refractivity contribution in [1.29, 1.82) is 0 Å². The predicted molar refractivity (Wildman–Crippen MR) is 114 cm³/mol. The van der Waals surface area contributed by atoms with Crippen LogP contribution in [0.15, 0.2) is 47.8 Å². The summed E-state index contributed by atoms with van der Waals surface area (Å²) in [6.45, 7) is 1.61. The van der Waals surface area contributed by atoms with Gasteiger partial charge in [0.15, 0.2) is 0 Å². The first-order chi connectivity index (χ1) is 15.1. The van der Waals surface area contributed by atoms with Crippen LogP contribution in [0, 0.1) is 12.7 Å². The van der Waals surface area contributed by atoms with Crippen LogP contribution in [0.1, 0.15) is 21.6 Å². The first-order valence-electron chi connectivity index (χ1n) is 9.64. The smallest absolute Gasteiger partial charge is 0.264 e. The molecule has 12 heteroatoms. The molecular weight excluding hydrogens is 459 g/mol. The average Bonchev–Trinajstić information content (AvgIpc) is 3.15. The van der Waals surface area contributed by atoms with E-state index in [1.807, 2.05) is 0 Å². The number of amides is 1. The number of hydrogen-bond donors (Lipinski definition) is 1. The Morgan fingerprint density at radius 2 is 2.06 bits per heavy atom. The van der Waals surface area contributed by atoms with Gasteiger partial charge in [-0.1, -0.05) is 11.6 Å². The van der Waals surface area contributed by atoms with E-state index in [1.165, 1.54) is 29.7 Å². The van der Waals surface area contributed by atoms with Gasteiger partial charge in [-0.3, -0.25) is 9.78 Å². The van der Waals surface area contributed by atoms with Crippen molar-refractivity contribution in [2.45, 2.75) is 17.4 Å². The molecule has 9 nitrogen and oxygen atoms in total. The van der Waals surface area contributed by atoms with Crippen molar-refractivity contribution in [3.05, 3.63) is 70.4 Å². The molecule has 0 atom stereocenters. The minimum atomic E-state index is -3.91. The summed E-state index contributed by atoms with van der Waals surface area (Å²) < 4.78 is 41.5. The molecule has 0 saturated carbocycles. The van der Waals surface area contributed by atoms with E-state index in [9.17, 15) is 17.6 Å². The van der Waals surface area contributed by atoms with Crippen molar-refractivity contribution < 1.29 is 17.6 Å². The minimum Gasteiger partial charge on any atom is -0.351 e. The van der Waals surface area contributed by atoms with Gasteiger partial charge in [-0.05, 0) is 42.8 Å². The Balaban J connectivity index is 1.59. The molecule has 1 aromatic carbocycles. The van der Waals surface area contributed by atoms with Crippen LogP contribution in [-0.4, -0.2) is 58.2 Å². The number of halogens is 2. The maximum Gasteiger partial charge on any atom is 0.264 e. The average molecular weight is 479 g/mol. The van der Waals surface area contributed by atoms with Crippen LogP contribution < -0.4 is 5.32 Å². The molecule has 3 heterocycles. The normalized spacial score (nSPS) is 15.9. The van der Waals surface area contributed by atoms with Crippen molar-refractivity contribution in [3.63, 3.8) is 0 Å². The van der Waals surface area contributed by atoms with Crippen molar-refractivity contribution in [2.24, 2.45) is 7.05 Å². The van der Waals surface area contributed by atoms with Crippen LogP contribution >= 0.6 is 11.6 Å². The zero-order chi connectivity index (χ0) is 23.1. The van der Waals surface area contributed by atoms with Crippen LogP contribution in [-0.2, 0) is 22.5 Å². The molecular formula is C20H20ClFN6O3S. The summed E-state index contributed by atoms with van der Waals surface area (Å²) in [7, 11) is -2.40. The molecule has 1 N–H and O–H groups in total. The second-order valence-corrected chi connectivity index (χ2v) is 10.0. The highest BCUT2D eigenvalue weighted by molar-refractivity contribution is 7.89. The lowest BCUT2D eigenvalue weighted by Gasteiger charge is -2.48. The van der Waals surface area contributed by atoms with E-state index in [1.54, 1.807) is 25.1 Å². The number of aryl methyl sites for hydroxylation is 2. The number of sulfonamides is 1. The summed E-state index contributed by atoms with van der Waals surface area (Å²) in [5, 5.41) is 10.8. The van der Waals surface area contributed by atoms with Crippen LogP contribution in [0.4, 0.5) is 4.39 Å². The first kappa shape index (κ1) is 22.3. The highest BCUT2D eigenvalue weighted by atomic mass is 35.5. The Bertz CT molecular complexity index is 1290. The number of nitrogens with zero attached hydrogens (tertiary/aromatic N) is 5. The summed E-state index contributed by atoms with van der Waals surface area (Å²) >= 11 is 5.96. The van der Waals surface area contributed by atoms with Gasteiger partial charge in [0.1, 0.15) is 5.82 Å². The zero-order valence-electron chi connectivity index (χ0n) is 17.3. The highest BCUT2D eigenvalue weighted by Gasteiger charge is 2.52. The molecule has 32 heavy (non-hydrogen) atoms. The van der Waals surface area contributed by atoms with Crippen LogP contribution in [0.5, 0.6) is 0 Å². The number of hydrogen-bond acceptors (Lipinski definition) is 6. The molecule has 0 unspecified atom stereocenters. The zero-order valence-corrected chi connectivity index (χ0v) is 18.9. The number of pyridine rings is 1. The van der Waals surface area contributed by atoms with E-state index >= 15 is 0 Å². The summed E-state index contributed by atoms with van der Waals surface area (Å²) in [5.41, 5.74) is 0.179. The monoisotopic (exact) mass is 478 g/mol. The van der Waals surface area contributed by atoms with Crippen molar-refractivity contribution in [3.8, 4) is 0 Å². The standard InChI is InChI=1S/C20H20ClFN6O3S/c1-13-8-14(21)5-6-15(13)19(29)24-10-20(18-16(22)4-3-7-23-18)11-28(12-20)32(30,31)17-9-25-27(2)26-17/h3-9H,10-12H2,1-2H3,(H,24,29). The Hall–Kier alpha value is -2.89. The number of carbonyl (C=O) groups is 1. The molecule has 0 bridgehead atoms. The molecule has 2 aromatic heterocycles. The van der Waals surface area contributed by atoms with Gasteiger partial charge < -0.3 is 5.32 Å². The van der Waals surface area contributed by atoms with Gasteiger partial charge in [-0.25, -0.2) is 12.8 Å². The Morgan fingerprint density at radius 3 is 2.69 bits per heavy atom. The van der Waals surface area contributed by atoms with Gasteiger partial charge >= 0.3 is 0 Å². The predicted octanol–water partition coefficient (Wildman–Crippen LogP) is 1.68. The third-order valence-corrected chi connectivity index (χ3v) is 7.31. The lowest BCUT2D eigenvalue weighted by atomic mass is 9.77. The molecule has 0 radical (unpaired) electrons. The van der Waals surface area contributed by atoms with Crippen molar-refractivity contribution in [2.75, 3.05) is 19.6 Å². The maximum absolute atomic E-state index is 14.6. The second kappa shape index (κ2) is 8.23. The third kappa shape index (κ3) is 3.98. The fourth-order valence-corrected chi connectivity index (χ4v) is 5.45. The van der Waals surface area contributed by atoms with E-state index in [0.717, 1.165) is 11.0 Å². The molecule has 0 aliphatic carbocycles. The molecule has 1 fully saturated rings. The summed E-state index contributed by atoms with van der Waals surface area (Å²) in [6, 6.07) is 7.59. The SMILES string of the molecule is Cc1cc(Cl)ccc1C(=O)NCC1(c2ncccc2F)CN(S(=O)(=O)c2cnn(C)n2)C1. The molecule has 1 saturated heterocycles. The van der Waals surface area contributed by atoms with Crippen LogP contribution in [0.3, 0.4) is 0 Å². The van der Waals surface area contributed by atoms with Gasteiger partial charge in [0.2, 0.25) is 5.03 Å². The fraction of sp³-hybridized carbons (Fsp3) is 0.300. The fourth-order valence-electron chi connectivity index (χ4n) is 3.72.